The molecule has 0 aromatic heterocycles. The van der Waals surface area contributed by atoms with Crippen LogP contribution in [0, 0.1) is 11.8 Å². The Kier molecular flexibility index (Phi) is 17.5. The summed E-state index contributed by atoms with van der Waals surface area (Å²) in [6.45, 7) is 17.6. The van der Waals surface area contributed by atoms with Crippen LogP contribution in [0.4, 0.5) is 0 Å². The van der Waals surface area contributed by atoms with Gasteiger partial charge in [-0.3, -0.25) is 4.79 Å². The van der Waals surface area contributed by atoms with E-state index >= 15 is 0 Å². The lowest BCUT2D eigenvalue weighted by Gasteiger charge is -2.41. The maximum absolute atomic E-state index is 13.2. The van der Waals surface area contributed by atoms with Gasteiger partial charge in [-0.05, 0) is 50.4 Å². The third-order valence-corrected chi connectivity index (χ3v) is 12.3. The Balaban J connectivity index is 3.20. The van der Waals surface area contributed by atoms with Gasteiger partial charge < -0.3 is 37.6 Å². The van der Waals surface area contributed by atoms with Crippen molar-refractivity contribution in [3.63, 3.8) is 0 Å². The molecule has 0 fully saturated rings. The molecule has 0 radical (unpaired) electrons. The molecule has 1 aromatic carbocycles. The minimum absolute atomic E-state index is 0.0253. The second-order valence-corrected chi connectivity index (χ2v) is 17.0. The number of hydrogen-bond acceptors (Lipinski definition) is 9. The summed E-state index contributed by atoms with van der Waals surface area (Å²) in [6, 6.07) is 9.61. The van der Waals surface area contributed by atoms with Gasteiger partial charge in [0, 0.05) is 33.4 Å². The molecule has 1 rings (SSSR count). The molecule has 0 saturated carbocycles. The lowest BCUT2D eigenvalue weighted by Crippen LogP contribution is -2.47. The molecule has 10 heteroatoms. The lowest BCUT2D eigenvalue weighted by molar-refractivity contribution is -0.176. The number of carbonyl (C=O) groups excluding carboxylic acids is 1. The fourth-order valence-electron chi connectivity index (χ4n) is 4.36. The normalized spacial score (nSPS) is 17.0. The summed E-state index contributed by atoms with van der Waals surface area (Å²) < 4.78 is 46.4. The number of methoxy groups -OCH3 is 3. The van der Waals surface area contributed by atoms with Crippen LogP contribution < -0.4 is 0 Å². The third kappa shape index (κ3) is 13.6. The maximum Gasteiger partial charge on any atom is 0.311 e. The van der Waals surface area contributed by atoms with Gasteiger partial charge in [0.2, 0.25) is 0 Å². The summed E-state index contributed by atoms with van der Waals surface area (Å²) in [5.41, 5.74) is 0.923. The van der Waals surface area contributed by atoms with Crippen molar-refractivity contribution in [1.82, 2.24) is 0 Å². The quantitative estimate of drug-likeness (QED) is 0.0935. The van der Waals surface area contributed by atoms with Crippen molar-refractivity contribution >= 4 is 14.3 Å². The Hall–Kier alpha value is -1.37. The van der Waals surface area contributed by atoms with Crippen molar-refractivity contribution in [2.24, 2.45) is 11.8 Å². The largest absolute Gasteiger partial charge is 0.461 e. The van der Waals surface area contributed by atoms with E-state index < -0.39 is 20.3 Å². The van der Waals surface area contributed by atoms with Gasteiger partial charge in [0.05, 0.1) is 24.2 Å². The Morgan fingerprint density at radius 1 is 0.829 bits per heavy atom. The average Bonchev–Trinajstić information content (AvgIpc) is 2.92. The molecule has 41 heavy (non-hydrogen) atoms. The van der Waals surface area contributed by atoms with Crippen molar-refractivity contribution in [1.29, 1.82) is 0 Å². The van der Waals surface area contributed by atoms with Crippen LogP contribution in [0.2, 0.25) is 18.1 Å². The highest BCUT2D eigenvalue weighted by atomic mass is 28.4. The molecule has 0 unspecified atom stereocenters. The first kappa shape index (κ1) is 37.7. The van der Waals surface area contributed by atoms with Crippen LogP contribution in [0.5, 0.6) is 0 Å². The van der Waals surface area contributed by atoms with Crippen LogP contribution in [0.15, 0.2) is 30.3 Å². The second kappa shape index (κ2) is 19.0. The monoisotopic (exact) mass is 600 g/mol. The fourth-order valence-corrected chi connectivity index (χ4v) is 5.74. The molecule has 0 saturated heterocycles. The number of carbonyl (C=O) groups is 1. The van der Waals surface area contributed by atoms with E-state index in [2.05, 4.69) is 33.9 Å². The molecule has 0 aliphatic rings. The van der Waals surface area contributed by atoms with Crippen LogP contribution in [0.3, 0.4) is 0 Å². The molecule has 0 spiro atoms. The maximum atomic E-state index is 13.2. The van der Waals surface area contributed by atoms with Crippen LogP contribution in [0.25, 0.3) is 0 Å². The van der Waals surface area contributed by atoms with Gasteiger partial charge in [0.1, 0.15) is 27.0 Å². The molecule has 6 atom stereocenters. The molecule has 0 aliphatic carbocycles. The van der Waals surface area contributed by atoms with E-state index in [4.69, 9.17) is 37.6 Å². The van der Waals surface area contributed by atoms with Gasteiger partial charge >= 0.3 is 5.97 Å². The van der Waals surface area contributed by atoms with Crippen molar-refractivity contribution in [3.05, 3.63) is 35.9 Å². The molecule has 238 valence electrons. The average molecular weight is 601 g/mol. The van der Waals surface area contributed by atoms with Crippen molar-refractivity contribution in [2.75, 3.05) is 41.7 Å². The van der Waals surface area contributed by atoms with E-state index in [1.54, 1.807) is 21.3 Å². The van der Waals surface area contributed by atoms with E-state index in [1.165, 1.54) is 0 Å². The number of benzene rings is 1. The van der Waals surface area contributed by atoms with Crippen molar-refractivity contribution in [3.8, 4) is 0 Å². The summed E-state index contributed by atoms with van der Waals surface area (Å²) in [4.78, 5) is 13.2. The molecule has 0 aliphatic heterocycles. The lowest BCUT2D eigenvalue weighted by atomic mass is 9.86. The number of ether oxygens (including phenoxy) is 7. The van der Waals surface area contributed by atoms with E-state index in [1.807, 2.05) is 51.1 Å². The van der Waals surface area contributed by atoms with Gasteiger partial charge in [-0.2, -0.15) is 0 Å². The first-order valence-electron chi connectivity index (χ1n) is 14.5. The van der Waals surface area contributed by atoms with Crippen LogP contribution in [0.1, 0.15) is 59.9 Å². The predicted octanol–water partition coefficient (Wildman–Crippen LogP) is 6.16. The topological polar surface area (TPSA) is 90.9 Å². The van der Waals surface area contributed by atoms with Gasteiger partial charge in [-0.15, -0.1) is 0 Å². The highest BCUT2D eigenvalue weighted by Crippen LogP contribution is 2.39. The molecule has 0 amide bonds. The van der Waals surface area contributed by atoms with Gasteiger partial charge in [0.25, 0.3) is 0 Å². The van der Waals surface area contributed by atoms with E-state index in [9.17, 15) is 4.79 Å². The first-order valence-corrected chi connectivity index (χ1v) is 17.4. The molecule has 0 N–H and O–H groups in total. The Morgan fingerprint density at radius 2 is 1.39 bits per heavy atom. The summed E-state index contributed by atoms with van der Waals surface area (Å²) in [6.07, 6.45) is 0.108. The van der Waals surface area contributed by atoms with E-state index in [0.29, 0.717) is 12.8 Å². The van der Waals surface area contributed by atoms with Gasteiger partial charge in [-0.1, -0.05) is 58.0 Å². The number of rotatable bonds is 21. The SMILES string of the molecule is COCO[C@@H]([C@@H](C)[C@@H](C[C@H](C[C@@H](C)OCOC)O[Si](C)(C)C(C)(C)C)OCOC)[C@H](C)C(=O)OCc1ccccc1. The predicted molar refractivity (Wildman–Crippen MR) is 162 cm³/mol. The van der Waals surface area contributed by atoms with E-state index in [-0.39, 0.29) is 62.2 Å². The molecule has 1 aromatic rings. The zero-order valence-corrected chi connectivity index (χ0v) is 28.3. The van der Waals surface area contributed by atoms with Crippen molar-refractivity contribution < 1.29 is 42.4 Å². The third-order valence-electron chi connectivity index (χ3n) is 7.80. The van der Waals surface area contributed by atoms with E-state index in [0.717, 1.165) is 5.56 Å². The fraction of sp³-hybridized carbons (Fsp3) is 0.774. The molecular weight excluding hydrogens is 544 g/mol. The first-order chi connectivity index (χ1) is 19.3. The summed E-state index contributed by atoms with van der Waals surface area (Å²) in [5, 5.41) is 0.0253. The number of hydrogen-bond donors (Lipinski definition) is 0. The molecule has 0 bridgehead atoms. The summed E-state index contributed by atoms with van der Waals surface area (Å²) >= 11 is 0. The Labute approximate surface area is 249 Å². The molecular formula is C31H56O9Si. The Morgan fingerprint density at radius 3 is 1.95 bits per heavy atom. The summed E-state index contributed by atoms with van der Waals surface area (Å²) in [5.74, 6) is -1.13. The van der Waals surface area contributed by atoms with Gasteiger partial charge in [-0.25, -0.2) is 0 Å². The highest BCUT2D eigenvalue weighted by Gasteiger charge is 2.42. The minimum Gasteiger partial charge on any atom is -0.461 e. The van der Waals surface area contributed by atoms with Crippen LogP contribution >= 0.6 is 0 Å². The van der Waals surface area contributed by atoms with Crippen LogP contribution in [-0.4, -0.2) is 80.4 Å². The smallest absolute Gasteiger partial charge is 0.311 e. The van der Waals surface area contributed by atoms with Crippen LogP contribution in [-0.2, 0) is 49.0 Å². The van der Waals surface area contributed by atoms with Gasteiger partial charge in [0.15, 0.2) is 8.32 Å². The standard InChI is InChI=1S/C31H56O9Si/c1-23(37-20-33-7)17-27(40-41(10,11)31(4,5)6)18-28(38-21-34-8)24(2)29(39-22-35-9)25(3)30(32)36-19-26-15-13-12-14-16-26/h12-16,23-25,27-29H,17-22H2,1-11H3/t23-,24+,25+,27+,28-,29+/m1/s1. The zero-order chi connectivity index (χ0) is 31.1. The minimum atomic E-state index is -2.13. The number of esters is 1. The van der Waals surface area contributed by atoms with Crippen molar-refractivity contribution in [2.45, 2.75) is 104 Å². The molecule has 0 heterocycles. The zero-order valence-electron chi connectivity index (χ0n) is 27.3. The Bertz CT molecular complexity index is 831. The second-order valence-electron chi connectivity index (χ2n) is 12.2. The highest BCUT2D eigenvalue weighted by molar-refractivity contribution is 6.74. The molecule has 9 nitrogen and oxygen atoms in total. The summed E-state index contributed by atoms with van der Waals surface area (Å²) in [7, 11) is 2.63.